The number of amides is 1. The van der Waals surface area contributed by atoms with Crippen LogP contribution in [-0.4, -0.2) is 28.8 Å². The fraction of sp³-hybridized carbons (Fsp3) is 0.400. The highest BCUT2D eigenvalue weighted by Crippen LogP contribution is 2.22. The molecule has 0 spiro atoms. The van der Waals surface area contributed by atoms with Gasteiger partial charge in [0.05, 0.1) is 17.4 Å². The van der Waals surface area contributed by atoms with E-state index >= 15 is 0 Å². The van der Waals surface area contributed by atoms with E-state index in [4.69, 9.17) is 10.4 Å². The highest BCUT2D eigenvalue weighted by molar-refractivity contribution is 7.99. The van der Waals surface area contributed by atoms with E-state index < -0.39 is 17.9 Å². The zero-order chi connectivity index (χ0) is 15.7. The smallest absolute Gasteiger partial charge is 0.326 e. The van der Waals surface area contributed by atoms with Crippen molar-refractivity contribution >= 4 is 23.6 Å². The molecule has 21 heavy (non-hydrogen) atoms. The number of benzene rings is 1. The lowest BCUT2D eigenvalue weighted by Crippen LogP contribution is -2.40. The normalized spacial score (nSPS) is 11.4. The van der Waals surface area contributed by atoms with Gasteiger partial charge >= 0.3 is 5.97 Å². The highest BCUT2D eigenvalue weighted by Gasteiger charge is 2.21. The lowest BCUT2D eigenvalue weighted by Gasteiger charge is -2.15. The Labute approximate surface area is 128 Å². The Balaban J connectivity index is 2.82. The number of carboxylic acids is 1. The van der Waals surface area contributed by atoms with Crippen LogP contribution in [0, 0.1) is 11.3 Å². The fourth-order valence-corrected chi connectivity index (χ4v) is 2.50. The molecule has 1 aromatic carbocycles. The molecule has 0 aliphatic heterocycles. The van der Waals surface area contributed by atoms with Crippen molar-refractivity contribution in [2.45, 2.75) is 37.1 Å². The SMILES string of the molecule is CCCC[C@H](NC(=O)c1ccccc1SCC#N)C(=O)O. The minimum absolute atomic E-state index is 0.239. The molecule has 1 atom stereocenters. The number of carbonyl (C=O) groups is 2. The summed E-state index contributed by atoms with van der Waals surface area (Å²) < 4.78 is 0. The monoisotopic (exact) mass is 306 g/mol. The predicted octanol–water partition coefficient (Wildman–Crippen LogP) is 2.68. The molecule has 6 heteroatoms. The van der Waals surface area contributed by atoms with Gasteiger partial charge in [0.2, 0.25) is 0 Å². The van der Waals surface area contributed by atoms with Crippen molar-refractivity contribution in [2.24, 2.45) is 0 Å². The summed E-state index contributed by atoms with van der Waals surface area (Å²) in [6.07, 6.45) is 2.02. The minimum atomic E-state index is -1.03. The summed E-state index contributed by atoms with van der Waals surface area (Å²) in [4.78, 5) is 24.1. The van der Waals surface area contributed by atoms with Crippen LogP contribution in [0.25, 0.3) is 0 Å². The lowest BCUT2D eigenvalue weighted by atomic mass is 10.1. The number of hydrogen-bond donors (Lipinski definition) is 2. The van der Waals surface area contributed by atoms with Gasteiger partial charge in [0.1, 0.15) is 6.04 Å². The molecule has 1 rings (SSSR count). The molecule has 5 nitrogen and oxygen atoms in total. The van der Waals surface area contributed by atoms with Crippen molar-refractivity contribution in [1.82, 2.24) is 5.32 Å². The Kier molecular flexibility index (Phi) is 7.33. The summed E-state index contributed by atoms with van der Waals surface area (Å²) in [5.74, 6) is -1.21. The quantitative estimate of drug-likeness (QED) is 0.721. The molecule has 0 fully saturated rings. The number of nitriles is 1. The highest BCUT2D eigenvalue weighted by atomic mass is 32.2. The van der Waals surface area contributed by atoms with Crippen LogP contribution in [0.1, 0.15) is 36.5 Å². The van der Waals surface area contributed by atoms with Crippen LogP contribution in [0.5, 0.6) is 0 Å². The summed E-state index contributed by atoms with van der Waals surface area (Å²) in [6.45, 7) is 1.97. The van der Waals surface area contributed by atoms with Gasteiger partial charge in [-0.3, -0.25) is 4.79 Å². The van der Waals surface area contributed by atoms with Crippen LogP contribution in [0.4, 0.5) is 0 Å². The van der Waals surface area contributed by atoms with Gasteiger partial charge in [0.15, 0.2) is 0 Å². The largest absolute Gasteiger partial charge is 0.480 e. The van der Waals surface area contributed by atoms with Gasteiger partial charge in [-0.05, 0) is 18.6 Å². The van der Waals surface area contributed by atoms with E-state index in [-0.39, 0.29) is 5.75 Å². The van der Waals surface area contributed by atoms with Gasteiger partial charge in [-0.15, -0.1) is 11.8 Å². The second kappa shape index (κ2) is 9.03. The molecule has 2 N–H and O–H groups in total. The third-order valence-electron chi connectivity index (χ3n) is 2.87. The molecule has 0 heterocycles. The molecule has 0 bridgehead atoms. The van der Waals surface area contributed by atoms with E-state index in [1.54, 1.807) is 24.3 Å². The van der Waals surface area contributed by atoms with Crippen LogP contribution in [0.15, 0.2) is 29.2 Å². The van der Waals surface area contributed by atoms with Crippen molar-refractivity contribution in [3.8, 4) is 6.07 Å². The summed E-state index contributed by atoms with van der Waals surface area (Å²) >= 11 is 1.26. The average Bonchev–Trinajstić information content (AvgIpc) is 2.49. The Bertz CT molecular complexity index is 540. The Morgan fingerprint density at radius 1 is 1.43 bits per heavy atom. The first kappa shape index (κ1) is 17.1. The standard InChI is InChI=1S/C15H18N2O3S/c1-2-3-7-12(15(19)20)17-14(18)11-6-4-5-8-13(11)21-10-9-16/h4-6,8,12H,2-3,7,10H2,1H3,(H,17,18)(H,19,20)/t12-/m0/s1. The fourth-order valence-electron chi connectivity index (χ4n) is 1.79. The Morgan fingerprint density at radius 2 is 2.14 bits per heavy atom. The van der Waals surface area contributed by atoms with Crippen LogP contribution in [0.3, 0.4) is 0 Å². The summed E-state index contributed by atoms with van der Waals surface area (Å²) in [7, 11) is 0. The van der Waals surface area contributed by atoms with Gasteiger partial charge < -0.3 is 10.4 Å². The number of nitrogens with one attached hydrogen (secondary N) is 1. The first-order valence-electron chi connectivity index (χ1n) is 6.72. The maximum atomic E-state index is 12.2. The first-order valence-corrected chi connectivity index (χ1v) is 7.71. The number of unbranched alkanes of at least 4 members (excludes halogenated alkanes) is 1. The van der Waals surface area contributed by atoms with Crippen molar-refractivity contribution < 1.29 is 14.7 Å². The molecule has 1 amide bonds. The van der Waals surface area contributed by atoms with E-state index in [0.717, 1.165) is 12.8 Å². The number of hydrogen-bond acceptors (Lipinski definition) is 4. The summed E-state index contributed by atoms with van der Waals surface area (Å²) in [5, 5.41) is 20.3. The number of aliphatic carboxylic acids is 1. The molecule has 0 aliphatic rings. The van der Waals surface area contributed by atoms with Gasteiger partial charge in [-0.2, -0.15) is 5.26 Å². The molecular formula is C15H18N2O3S. The van der Waals surface area contributed by atoms with Gasteiger partial charge in [0, 0.05) is 4.90 Å². The van der Waals surface area contributed by atoms with Crippen molar-refractivity contribution in [3.05, 3.63) is 29.8 Å². The molecule has 0 unspecified atom stereocenters. The molecule has 0 saturated carbocycles. The zero-order valence-corrected chi connectivity index (χ0v) is 12.7. The van der Waals surface area contributed by atoms with E-state index in [2.05, 4.69) is 5.32 Å². The maximum absolute atomic E-state index is 12.2. The number of carboxylic acid groups (broad SMARTS) is 1. The third kappa shape index (κ3) is 5.48. The summed E-state index contributed by atoms with van der Waals surface area (Å²) in [5.41, 5.74) is 0.403. The van der Waals surface area contributed by atoms with Crippen molar-refractivity contribution in [3.63, 3.8) is 0 Å². The van der Waals surface area contributed by atoms with E-state index in [1.165, 1.54) is 11.8 Å². The molecular weight excluding hydrogens is 288 g/mol. The van der Waals surface area contributed by atoms with E-state index in [9.17, 15) is 9.59 Å². The third-order valence-corrected chi connectivity index (χ3v) is 3.81. The molecule has 0 aromatic heterocycles. The topological polar surface area (TPSA) is 90.2 Å². The predicted molar refractivity (Wildman–Crippen MR) is 81.2 cm³/mol. The molecule has 112 valence electrons. The van der Waals surface area contributed by atoms with Crippen molar-refractivity contribution in [2.75, 3.05) is 5.75 Å². The van der Waals surface area contributed by atoms with Crippen LogP contribution < -0.4 is 5.32 Å². The number of nitrogens with zero attached hydrogens (tertiary/aromatic N) is 1. The van der Waals surface area contributed by atoms with Crippen LogP contribution in [-0.2, 0) is 4.79 Å². The van der Waals surface area contributed by atoms with Crippen LogP contribution in [0.2, 0.25) is 0 Å². The molecule has 1 aromatic rings. The number of thioether (sulfide) groups is 1. The van der Waals surface area contributed by atoms with Gasteiger partial charge in [-0.1, -0.05) is 31.9 Å². The second-order valence-corrected chi connectivity index (χ2v) is 5.47. The maximum Gasteiger partial charge on any atom is 0.326 e. The number of carbonyl (C=O) groups excluding carboxylic acids is 1. The Hall–Kier alpha value is -2.00. The lowest BCUT2D eigenvalue weighted by molar-refractivity contribution is -0.139. The summed E-state index contributed by atoms with van der Waals surface area (Å²) in [6, 6.07) is 8.00. The Morgan fingerprint density at radius 3 is 2.76 bits per heavy atom. The van der Waals surface area contributed by atoms with Crippen LogP contribution >= 0.6 is 11.8 Å². The zero-order valence-electron chi connectivity index (χ0n) is 11.8. The van der Waals surface area contributed by atoms with Gasteiger partial charge in [0.25, 0.3) is 5.91 Å². The molecule has 0 aliphatic carbocycles. The minimum Gasteiger partial charge on any atom is -0.480 e. The van der Waals surface area contributed by atoms with Gasteiger partial charge in [-0.25, -0.2) is 4.79 Å². The molecule has 0 saturated heterocycles. The first-order chi connectivity index (χ1) is 10.1. The average molecular weight is 306 g/mol. The second-order valence-electron chi connectivity index (χ2n) is 4.45. The number of rotatable bonds is 8. The van der Waals surface area contributed by atoms with E-state index in [1.807, 2.05) is 13.0 Å². The van der Waals surface area contributed by atoms with E-state index in [0.29, 0.717) is 16.9 Å². The molecule has 0 radical (unpaired) electrons. The van der Waals surface area contributed by atoms with Crippen molar-refractivity contribution in [1.29, 1.82) is 5.26 Å².